The third-order valence-electron chi connectivity index (χ3n) is 3.20. The van der Waals surface area contributed by atoms with Crippen molar-refractivity contribution in [3.05, 3.63) is 45.4 Å². The van der Waals surface area contributed by atoms with Crippen LogP contribution in [-0.2, 0) is 10.0 Å². The van der Waals surface area contributed by atoms with E-state index in [-0.39, 0.29) is 15.1 Å². The van der Waals surface area contributed by atoms with Gasteiger partial charge >= 0.3 is 12.4 Å². The number of benzene rings is 2. The maximum absolute atomic E-state index is 12.6. The minimum Gasteiger partial charge on any atom is -0.484 e. The highest BCUT2D eigenvalue weighted by molar-refractivity contribution is 7.92. The molecule has 0 radical (unpaired) electrons. The first-order valence-electron chi connectivity index (χ1n) is 7.77. The Morgan fingerprint density at radius 1 is 0.742 bits per heavy atom. The minimum atomic E-state index is -4.75. The second-order valence-corrected chi connectivity index (χ2v) is 8.68. The number of hydrogen-bond donors (Lipinski definition) is 1. The summed E-state index contributed by atoms with van der Waals surface area (Å²) in [4.78, 5) is -0.539. The third kappa shape index (κ3) is 8.02. The molecule has 0 aromatic heterocycles. The maximum Gasteiger partial charge on any atom is 0.422 e. The fourth-order valence-corrected chi connectivity index (χ4v) is 4.09. The Morgan fingerprint density at radius 2 is 1.19 bits per heavy atom. The number of ether oxygens (including phenoxy) is 2. The molecule has 0 fully saturated rings. The Hall–Kier alpha value is -1.76. The average molecular weight is 533 g/mol. The molecular formula is C16H10Cl3F6NO4S. The summed E-state index contributed by atoms with van der Waals surface area (Å²) in [6.07, 6.45) is -9.51. The predicted molar refractivity (Wildman–Crippen MR) is 102 cm³/mol. The van der Waals surface area contributed by atoms with E-state index in [9.17, 15) is 34.8 Å². The molecular weight excluding hydrogens is 523 g/mol. The summed E-state index contributed by atoms with van der Waals surface area (Å²) in [6.45, 7) is -3.55. The van der Waals surface area contributed by atoms with Gasteiger partial charge in [0, 0.05) is 18.2 Å². The minimum absolute atomic E-state index is 0.0454. The van der Waals surface area contributed by atoms with Gasteiger partial charge in [0.25, 0.3) is 10.0 Å². The molecule has 0 unspecified atom stereocenters. The van der Waals surface area contributed by atoms with Crippen molar-refractivity contribution in [3.63, 3.8) is 0 Å². The molecule has 15 heteroatoms. The van der Waals surface area contributed by atoms with Gasteiger partial charge in [0.15, 0.2) is 13.2 Å². The molecule has 31 heavy (non-hydrogen) atoms. The molecule has 0 heterocycles. The molecule has 0 saturated carbocycles. The number of anilines is 1. The summed E-state index contributed by atoms with van der Waals surface area (Å²) in [5.41, 5.74) is -0.459. The average Bonchev–Trinajstić information content (AvgIpc) is 2.59. The summed E-state index contributed by atoms with van der Waals surface area (Å²) in [5.74, 6) is -1.20. The van der Waals surface area contributed by atoms with Gasteiger partial charge in [0.2, 0.25) is 0 Å². The molecule has 2 rings (SSSR count). The smallest absolute Gasteiger partial charge is 0.422 e. The molecule has 2 aromatic carbocycles. The molecule has 5 nitrogen and oxygen atoms in total. The van der Waals surface area contributed by atoms with E-state index in [1.165, 1.54) is 0 Å². The highest BCUT2D eigenvalue weighted by Crippen LogP contribution is 2.34. The van der Waals surface area contributed by atoms with Gasteiger partial charge in [-0.1, -0.05) is 34.8 Å². The maximum atomic E-state index is 12.6. The van der Waals surface area contributed by atoms with E-state index in [0.717, 1.165) is 30.3 Å². The Labute approximate surface area is 186 Å². The van der Waals surface area contributed by atoms with Crippen molar-refractivity contribution in [1.29, 1.82) is 0 Å². The molecule has 0 aliphatic carbocycles. The molecule has 0 saturated heterocycles. The quantitative estimate of drug-likeness (QED) is 0.334. The van der Waals surface area contributed by atoms with Crippen molar-refractivity contribution >= 4 is 50.5 Å². The van der Waals surface area contributed by atoms with Crippen LogP contribution in [-0.4, -0.2) is 34.0 Å². The molecule has 0 aliphatic rings. The summed E-state index contributed by atoms with van der Waals surface area (Å²) >= 11 is 17.4. The largest absolute Gasteiger partial charge is 0.484 e. The van der Waals surface area contributed by atoms with Gasteiger partial charge in [-0.25, -0.2) is 8.42 Å². The summed E-state index contributed by atoms with van der Waals surface area (Å²) < 4.78 is 111. The summed E-state index contributed by atoms with van der Waals surface area (Å²) in [6, 6.07) is 4.33. The third-order valence-corrected chi connectivity index (χ3v) is 5.77. The van der Waals surface area contributed by atoms with Crippen LogP contribution in [0.4, 0.5) is 32.0 Å². The van der Waals surface area contributed by atoms with Crippen LogP contribution in [0, 0.1) is 0 Å². The zero-order valence-corrected chi connectivity index (χ0v) is 17.8. The van der Waals surface area contributed by atoms with Gasteiger partial charge in [0.05, 0.1) is 20.8 Å². The first-order chi connectivity index (χ1) is 14.1. The van der Waals surface area contributed by atoms with E-state index in [2.05, 4.69) is 9.47 Å². The topological polar surface area (TPSA) is 64.6 Å². The summed E-state index contributed by atoms with van der Waals surface area (Å²) in [7, 11) is -4.48. The Bertz CT molecular complexity index is 1020. The normalized spacial score (nSPS) is 12.5. The molecule has 0 spiro atoms. The van der Waals surface area contributed by atoms with Crippen LogP contribution < -0.4 is 14.2 Å². The van der Waals surface area contributed by atoms with Gasteiger partial charge in [-0.2, -0.15) is 26.3 Å². The van der Waals surface area contributed by atoms with Crippen molar-refractivity contribution < 1.29 is 44.2 Å². The Balaban J connectivity index is 2.40. The van der Waals surface area contributed by atoms with Crippen molar-refractivity contribution in [3.8, 4) is 11.5 Å². The Morgan fingerprint density at radius 3 is 1.65 bits per heavy atom. The molecule has 172 valence electrons. The van der Waals surface area contributed by atoms with Crippen LogP contribution in [0.15, 0.2) is 35.2 Å². The van der Waals surface area contributed by atoms with Crippen LogP contribution >= 0.6 is 34.8 Å². The van der Waals surface area contributed by atoms with E-state index >= 15 is 0 Å². The van der Waals surface area contributed by atoms with E-state index in [1.54, 1.807) is 0 Å². The fourth-order valence-electron chi connectivity index (χ4n) is 2.05. The summed E-state index contributed by atoms with van der Waals surface area (Å²) in [5, 5.41) is -0.543. The standard InChI is InChI=1S/C16H10Cl3F6NO4S/c17-11-4-13(19)14(5-12(11)18)31(27,28)26-8-1-9(29-6-15(20,21)22)3-10(2-8)30-7-16(23,24)25/h1-5,26H,6-7H2. The second-order valence-electron chi connectivity index (χ2n) is 5.80. The van der Waals surface area contributed by atoms with Crippen molar-refractivity contribution in [2.75, 3.05) is 17.9 Å². The SMILES string of the molecule is O=S(=O)(Nc1cc(OCC(F)(F)F)cc(OCC(F)(F)F)c1)c1cc(Cl)c(Cl)cc1Cl. The van der Waals surface area contributed by atoms with Gasteiger partial charge in [0.1, 0.15) is 16.4 Å². The van der Waals surface area contributed by atoms with Crippen LogP contribution in [0.1, 0.15) is 0 Å². The van der Waals surface area contributed by atoms with Gasteiger partial charge in [-0.15, -0.1) is 0 Å². The number of halogens is 9. The van der Waals surface area contributed by atoms with Crippen molar-refractivity contribution in [1.82, 2.24) is 0 Å². The van der Waals surface area contributed by atoms with Crippen LogP contribution in [0.5, 0.6) is 11.5 Å². The molecule has 0 bridgehead atoms. The number of sulfonamides is 1. The van der Waals surface area contributed by atoms with Gasteiger partial charge in [-0.3, -0.25) is 4.72 Å². The lowest BCUT2D eigenvalue weighted by Gasteiger charge is -2.16. The highest BCUT2D eigenvalue weighted by Gasteiger charge is 2.30. The number of hydrogen-bond acceptors (Lipinski definition) is 4. The van der Waals surface area contributed by atoms with Crippen LogP contribution in [0.2, 0.25) is 15.1 Å². The fraction of sp³-hybridized carbons (Fsp3) is 0.250. The van der Waals surface area contributed by atoms with Gasteiger partial charge in [-0.05, 0) is 12.1 Å². The Kier molecular flexibility index (Phi) is 7.72. The lowest BCUT2D eigenvalue weighted by molar-refractivity contribution is -0.153. The zero-order valence-electron chi connectivity index (χ0n) is 14.7. The highest BCUT2D eigenvalue weighted by atomic mass is 35.5. The van der Waals surface area contributed by atoms with E-state index in [0.29, 0.717) is 0 Å². The number of nitrogens with one attached hydrogen (secondary N) is 1. The van der Waals surface area contributed by atoms with Crippen molar-refractivity contribution in [2.24, 2.45) is 0 Å². The zero-order chi connectivity index (χ0) is 23.6. The van der Waals surface area contributed by atoms with E-state index in [4.69, 9.17) is 34.8 Å². The van der Waals surface area contributed by atoms with Gasteiger partial charge < -0.3 is 9.47 Å². The predicted octanol–water partition coefficient (Wildman–Crippen LogP) is 6.33. The molecule has 1 N–H and O–H groups in total. The lowest BCUT2D eigenvalue weighted by Crippen LogP contribution is -2.20. The first-order valence-corrected chi connectivity index (χ1v) is 10.4. The van der Waals surface area contributed by atoms with Crippen LogP contribution in [0.25, 0.3) is 0 Å². The first kappa shape index (κ1) is 25.5. The molecule has 0 aliphatic heterocycles. The second kappa shape index (κ2) is 9.39. The monoisotopic (exact) mass is 531 g/mol. The van der Waals surface area contributed by atoms with E-state index in [1.807, 2.05) is 4.72 Å². The lowest BCUT2D eigenvalue weighted by atomic mass is 10.3. The number of alkyl halides is 6. The molecule has 0 amide bonds. The van der Waals surface area contributed by atoms with Crippen LogP contribution in [0.3, 0.4) is 0 Å². The number of rotatable bonds is 7. The molecule has 0 atom stereocenters. The van der Waals surface area contributed by atoms with E-state index < -0.39 is 57.7 Å². The van der Waals surface area contributed by atoms with Crippen molar-refractivity contribution in [2.45, 2.75) is 17.2 Å². The molecule has 2 aromatic rings.